The lowest BCUT2D eigenvalue weighted by Gasteiger charge is -2.13. The lowest BCUT2D eigenvalue weighted by molar-refractivity contribution is -0.125. The molecule has 3 aromatic rings. The SMILES string of the molecule is COc1cccc(C(=O)OCC(=O)N[C@H](C)c2cc3ccccc3o2)c1OC. The number of rotatable bonds is 7. The number of amides is 1. The monoisotopic (exact) mass is 383 g/mol. The summed E-state index contributed by atoms with van der Waals surface area (Å²) in [5.74, 6) is 0.159. The van der Waals surface area contributed by atoms with E-state index in [2.05, 4.69) is 5.32 Å². The topological polar surface area (TPSA) is 87.0 Å². The molecule has 0 spiro atoms. The van der Waals surface area contributed by atoms with Crippen LogP contribution < -0.4 is 14.8 Å². The molecule has 7 nitrogen and oxygen atoms in total. The summed E-state index contributed by atoms with van der Waals surface area (Å²) < 4.78 is 21.2. The molecule has 7 heteroatoms. The summed E-state index contributed by atoms with van der Waals surface area (Å²) in [4.78, 5) is 24.5. The summed E-state index contributed by atoms with van der Waals surface area (Å²) in [5, 5.41) is 3.70. The first-order valence-electron chi connectivity index (χ1n) is 8.69. The van der Waals surface area contributed by atoms with Gasteiger partial charge in [0.2, 0.25) is 0 Å². The van der Waals surface area contributed by atoms with Crippen molar-refractivity contribution < 1.29 is 28.2 Å². The standard InChI is InChI=1S/C21H21NO6/c1-13(18-11-14-7-4-5-9-16(14)28-18)22-19(23)12-27-21(24)15-8-6-10-17(25-2)20(15)26-3/h4-11,13H,12H2,1-3H3,(H,22,23)/t13-/m1/s1. The molecule has 0 fully saturated rings. The Balaban J connectivity index is 1.60. The Labute approximate surface area is 162 Å². The quantitative estimate of drug-likeness (QED) is 0.629. The van der Waals surface area contributed by atoms with Crippen molar-refractivity contribution in [2.45, 2.75) is 13.0 Å². The van der Waals surface area contributed by atoms with Crippen LogP contribution in [0.2, 0.25) is 0 Å². The molecule has 1 N–H and O–H groups in total. The molecule has 0 saturated carbocycles. The molecule has 0 unspecified atom stereocenters. The van der Waals surface area contributed by atoms with E-state index < -0.39 is 18.5 Å². The molecule has 28 heavy (non-hydrogen) atoms. The van der Waals surface area contributed by atoms with Gasteiger partial charge >= 0.3 is 5.97 Å². The highest BCUT2D eigenvalue weighted by molar-refractivity contribution is 5.95. The zero-order chi connectivity index (χ0) is 20.1. The maximum atomic E-state index is 12.3. The molecule has 1 aromatic heterocycles. The molecule has 0 aliphatic heterocycles. The number of hydrogen-bond donors (Lipinski definition) is 1. The number of carbonyl (C=O) groups excluding carboxylic acids is 2. The molecule has 1 amide bonds. The van der Waals surface area contributed by atoms with Crippen molar-refractivity contribution in [3.05, 3.63) is 59.9 Å². The van der Waals surface area contributed by atoms with E-state index in [9.17, 15) is 9.59 Å². The van der Waals surface area contributed by atoms with Crippen molar-refractivity contribution >= 4 is 22.8 Å². The molecule has 1 atom stereocenters. The molecule has 0 aliphatic carbocycles. The summed E-state index contributed by atoms with van der Waals surface area (Å²) in [5.41, 5.74) is 0.926. The first-order chi connectivity index (χ1) is 13.5. The van der Waals surface area contributed by atoms with Crippen molar-refractivity contribution in [2.24, 2.45) is 0 Å². The lowest BCUT2D eigenvalue weighted by atomic mass is 10.2. The second kappa shape index (κ2) is 8.47. The molecular formula is C21H21NO6. The number of furan rings is 1. The minimum absolute atomic E-state index is 0.181. The summed E-state index contributed by atoms with van der Waals surface area (Å²) in [6, 6.07) is 13.9. The van der Waals surface area contributed by atoms with Crippen molar-refractivity contribution in [3.8, 4) is 11.5 Å². The molecular weight excluding hydrogens is 362 g/mol. The zero-order valence-corrected chi connectivity index (χ0v) is 15.9. The van der Waals surface area contributed by atoms with E-state index in [1.54, 1.807) is 25.1 Å². The van der Waals surface area contributed by atoms with Crippen LogP contribution in [0.1, 0.15) is 29.1 Å². The number of esters is 1. The maximum absolute atomic E-state index is 12.3. The predicted octanol–water partition coefficient (Wildman–Crippen LogP) is 3.48. The van der Waals surface area contributed by atoms with Crippen LogP contribution in [-0.2, 0) is 9.53 Å². The van der Waals surface area contributed by atoms with Crippen LogP contribution in [0.3, 0.4) is 0 Å². The van der Waals surface area contributed by atoms with Crippen molar-refractivity contribution in [1.29, 1.82) is 0 Å². The summed E-state index contributed by atoms with van der Waals surface area (Å²) in [6.45, 7) is 1.37. The number of carbonyl (C=O) groups is 2. The van der Waals surface area contributed by atoms with E-state index in [-0.39, 0.29) is 17.4 Å². The molecule has 2 aromatic carbocycles. The van der Waals surface area contributed by atoms with Gasteiger partial charge in [0.1, 0.15) is 16.9 Å². The number of nitrogens with one attached hydrogen (secondary N) is 1. The highest BCUT2D eigenvalue weighted by Gasteiger charge is 2.20. The zero-order valence-electron chi connectivity index (χ0n) is 15.9. The van der Waals surface area contributed by atoms with Gasteiger partial charge in [-0.15, -0.1) is 0 Å². The van der Waals surface area contributed by atoms with E-state index >= 15 is 0 Å². The fourth-order valence-corrected chi connectivity index (χ4v) is 2.83. The van der Waals surface area contributed by atoms with Gasteiger partial charge in [-0.2, -0.15) is 0 Å². The third kappa shape index (κ3) is 4.09. The van der Waals surface area contributed by atoms with Crippen LogP contribution in [0.5, 0.6) is 11.5 Å². The fraction of sp³-hybridized carbons (Fsp3) is 0.238. The molecule has 3 rings (SSSR count). The van der Waals surface area contributed by atoms with E-state index in [1.165, 1.54) is 14.2 Å². The van der Waals surface area contributed by atoms with Crippen LogP contribution in [0, 0.1) is 0 Å². The van der Waals surface area contributed by atoms with Gasteiger partial charge in [0.05, 0.1) is 20.3 Å². The summed E-state index contributed by atoms with van der Waals surface area (Å²) in [6.07, 6.45) is 0. The molecule has 146 valence electrons. The Morgan fingerprint density at radius 2 is 1.86 bits per heavy atom. The van der Waals surface area contributed by atoms with Gasteiger partial charge in [-0.3, -0.25) is 4.79 Å². The van der Waals surface area contributed by atoms with Gasteiger partial charge in [0, 0.05) is 5.39 Å². The highest BCUT2D eigenvalue weighted by Crippen LogP contribution is 2.31. The average molecular weight is 383 g/mol. The van der Waals surface area contributed by atoms with Gasteiger partial charge in [-0.1, -0.05) is 24.3 Å². The van der Waals surface area contributed by atoms with Crippen LogP contribution in [0.25, 0.3) is 11.0 Å². The van der Waals surface area contributed by atoms with Crippen LogP contribution >= 0.6 is 0 Å². The maximum Gasteiger partial charge on any atom is 0.342 e. The number of methoxy groups -OCH3 is 2. The summed E-state index contributed by atoms with van der Waals surface area (Å²) >= 11 is 0. The Kier molecular flexibility index (Phi) is 5.84. The van der Waals surface area contributed by atoms with Gasteiger partial charge in [-0.25, -0.2) is 4.79 Å². The molecule has 0 radical (unpaired) electrons. The first kappa shape index (κ1) is 19.3. The Morgan fingerprint density at radius 1 is 1.07 bits per heavy atom. The Bertz CT molecular complexity index is 960. The molecule has 0 bridgehead atoms. The summed E-state index contributed by atoms with van der Waals surface area (Å²) in [7, 11) is 2.90. The smallest absolute Gasteiger partial charge is 0.342 e. The second-order valence-corrected chi connectivity index (χ2v) is 6.09. The lowest BCUT2D eigenvalue weighted by Crippen LogP contribution is -2.31. The van der Waals surface area contributed by atoms with E-state index in [0.717, 1.165) is 11.0 Å². The van der Waals surface area contributed by atoms with Crippen molar-refractivity contribution in [2.75, 3.05) is 20.8 Å². The largest absolute Gasteiger partial charge is 0.493 e. The van der Waals surface area contributed by atoms with Gasteiger partial charge in [0.15, 0.2) is 18.1 Å². The van der Waals surface area contributed by atoms with E-state index in [1.807, 2.05) is 30.3 Å². The molecule has 0 aliphatic rings. The number of fused-ring (bicyclic) bond motifs is 1. The van der Waals surface area contributed by atoms with Crippen LogP contribution in [0.4, 0.5) is 0 Å². The Hall–Kier alpha value is -3.48. The normalized spacial score (nSPS) is 11.7. The Morgan fingerprint density at radius 3 is 2.57 bits per heavy atom. The first-order valence-corrected chi connectivity index (χ1v) is 8.69. The molecule has 0 saturated heterocycles. The van der Waals surface area contributed by atoms with Crippen molar-refractivity contribution in [3.63, 3.8) is 0 Å². The second-order valence-electron chi connectivity index (χ2n) is 6.09. The fourth-order valence-electron chi connectivity index (χ4n) is 2.83. The third-order valence-electron chi connectivity index (χ3n) is 4.21. The number of para-hydroxylation sites is 2. The average Bonchev–Trinajstić information content (AvgIpc) is 3.15. The molecule has 1 heterocycles. The van der Waals surface area contributed by atoms with Gasteiger partial charge in [0.25, 0.3) is 5.91 Å². The van der Waals surface area contributed by atoms with E-state index in [0.29, 0.717) is 11.5 Å². The minimum Gasteiger partial charge on any atom is -0.493 e. The number of ether oxygens (including phenoxy) is 3. The third-order valence-corrected chi connectivity index (χ3v) is 4.21. The number of benzene rings is 2. The number of hydrogen-bond acceptors (Lipinski definition) is 6. The van der Waals surface area contributed by atoms with E-state index in [4.69, 9.17) is 18.6 Å². The van der Waals surface area contributed by atoms with Gasteiger partial charge < -0.3 is 23.9 Å². The van der Waals surface area contributed by atoms with Gasteiger partial charge in [-0.05, 0) is 31.2 Å². The van der Waals surface area contributed by atoms with Crippen molar-refractivity contribution in [1.82, 2.24) is 5.32 Å². The highest BCUT2D eigenvalue weighted by atomic mass is 16.5. The van der Waals surface area contributed by atoms with Crippen LogP contribution in [0.15, 0.2) is 52.9 Å². The van der Waals surface area contributed by atoms with Crippen LogP contribution in [-0.4, -0.2) is 32.7 Å². The minimum atomic E-state index is -0.678. The predicted molar refractivity (Wildman–Crippen MR) is 103 cm³/mol.